The van der Waals surface area contributed by atoms with E-state index in [1.165, 1.54) is 0 Å². The largest absolute Gasteiger partial charge is 0.361 e. The first kappa shape index (κ1) is 13.7. The Bertz CT molecular complexity index is 557. The summed E-state index contributed by atoms with van der Waals surface area (Å²) in [5.74, 6) is 0.676. The number of hydrogen-bond acceptors (Lipinski definition) is 1. The van der Waals surface area contributed by atoms with Gasteiger partial charge in [-0.2, -0.15) is 0 Å². The predicted octanol–water partition coefficient (Wildman–Crippen LogP) is 3.72. The second-order valence-corrected chi connectivity index (χ2v) is 5.59. The quantitative estimate of drug-likeness (QED) is 0.843. The average molecular weight is 258 g/mol. The molecular formula is C16H22N2O. The molecule has 0 radical (unpaired) electrons. The Morgan fingerprint density at radius 1 is 1.21 bits per heavy atom. The van der Waals surface area contributed by atoms with Gasteiger partial charge in [0.1, 0.15) is 0 Å². The summed E-state index contributed by atoms with van der Waals surface area (Å²) >= 11 is 0. The van der Waals surface area contributed by atoms with Crippen molar-refractivity contribution in [3.63, 3.8) is 0 Å². The highest BCUT2D eigenvalue weighted by atomic mass is 16.1. The van der Waals surface area contributed by atoms with E-state index in [2.05, 4.69) is 31.1 Å². The molecule has 0 aliphatic heterocycles. The van der Waals surface area contributed by atoms with Crippen LogP contribution in [0.15, 0.2) is 30.5 Å². The van der Waals surface area contributed by atoms with Gasteiger partial charge in [-0.1, -0.05) is 26.0 Å². The van der Waals surface area contributed by atoms with Gasteiger partial charge in [0.25, 0.3) is 5.91 Å². The molecule has 2 aromatic rings. The molecule has 102 valence electrons. The van der Waals surface area contributed by atoms with Gasteiger partial charge >= 0.3 is 0 Å². The molecule has 2 N–H and O–H groups in total. The fourth-order valence-corrected chi connectivity index (χ4v) is 2.23. The average Bonchev–Trinajstić information content (AvgIpc) is 2.84. The molecule has 3 heteroatoms. The highest BCUT2D eigenvalue weighted by Crippen LogP contribution is 2.17. The van der Waals surface area contributed by atoms with Crippen molar-refractivity contribution in [1.82, 2.24) is 10.3 Å². The Morgan fingerprint density at radius 3 is 2.74 bits per heavy atom. The maximum absolute atomic E-state index is 12.3. The lowest BCUT2D eigenvalue weighted by Crippen LogP contribution is -2.32. The van der Waals surface area contributed by atoms with Crippen molar-refractivity contribution in [2.45, 2.75) is 39.7 Å². The molecule has 0 fully saturated rings. The van der Waals surface area contributed by atoms with Gasteiger partial charge in [-0.3, -0.25) is 4.79 Å². The normalized spacial score (nSPS) is 12.8. The van der Waals surface area contributed by atoms with Gasteiger partial charge in [0.05, 0.1) is 11.1 Å². The standard InChI is InChI=1S/C16H22N2O/c1-11(2)7-8-12(3)18-16(19)14-6-4-5-13-9-10-17-15(13)14/h4-6,9-12,17H,7-8H2,1-3H3,(H,18,19). The Labute approximate surface area is 114 Å². The molecule has 19 heavy (non-hydrogen) atoms. The summed E-state index contributed by atoms with van der Waals surface area (Å²) in [6.07, 6.45) is 4.02. The highest BCUT2D eigenvalue weighted by molar-refractivity contribution is 6.05. The summed E-state index contributed by atoms with van der Waals surface area (Å²) in [6, 6.07) is 7.98. The number of nitrogens with one attached hydrogen (secondary N) is 2. The fraction of sp³-hybridized carbons (Fsp3) is 0.438. The maximum Gasteiger partial charge on any atom is 0.253 e. The number of carbonyl (C=O) groups excluding carboxylic acids is 1. The number of benzene rings is 1. The van der Waals surface area contributed by atoms with Crippen molar-refractivity contribution in [3.05, 3.63) is 36.0 Å². The second-order valence-electron chi connectivity index (χ2n) is 5.59. The molecule has 0 saturated carbocycles. The van der Waals surface area contributed by atoms with Crippen LogP contribution in [-0.2, 0) is 0 Å². The van der Waals surface area contributed by atoms with E-state index in [0.717, 1.165) is 29.3 Å². The number of carbonyl (C=O) groups is 1. The molecular weight excluding hydrogens is 236 g/mol. The van der Waals surface area contributed by atoms with E-state index in [1.54, 1.807) is 0 Å². The molecule has 1 unspecified atom stereocenters. The summed E-state index contributed by atoms with van der Waals surface area (Å²) in [7, 11) is 0. The summed E-state index contributed by atoms with van der Waals surface area (Å²) in [6.45, 7) is 6.47. The van der Waals surface area contributed by atoms with Crippen LogP contribution in [0.4, 0.5) is 0 Å². The summed E-state index contributed by atoms with van der Waals surface area (Å²) < 4.78 is 0. The minimum absolute atomic E-state index is 0.00399. The molecule has 0 aliphatic rings. The zero-order valence-corrected chi connectivity index (χ0v) is 11.9. The van der Waals surface area contributed by atoms with Crippen LogP contribution < -0.4 is 5.32 Å². The van der Waals surface area contributed by atoms with Crippen LogP contribution in [0.2, 0.25) is 0 Å². The highest BCUT2D eigenvalue weighted by Gasteiger charge is 2.13. The van der Waals surface area contributed by atoms with Gasteiger partial charge in [-0.25, -0.2) is 0 Å². The van der Waals surface area contributed by atoms with Gasteiger partial charge in [0.2, 0.25) is 0 Å². The monoisotopic (exact) mass is 258 g/mol. The number of rotatable bonds is 5. The van der Waals surface area contributed by atoms with Crippen LogP contribution in [0.1, 0.15) is 44.0 Å². The minimum atomic E-state index is 0.00399. The van der Waals surface area contributed by atoms with E-state index in [0.29, 0.717) is 5.92 Å². The Kier molecular flexibility index (Phi) is 4.25. The Hall–Kier alpha value is -1.77. The van der Waals surface area contributed by atoms with E-state index >= 15 is 0 Å². The summed E-state index contributed by atoms with van der Waals surface area (Å²) in [5, 5.41) is 4.15. The third kappa shape index (κ3) is 3.37. The molecule has 0 aliphatic carbocycles. The van der Waals surface area contributed by atoms with Gasteiger partial charge < -0.3 is 10.3 Å². The lowest BCUT2D eigenvalue weighted by molar-refractivity contribution is 0.0938. The van der Waals surface area contributed by atoms with E-state index in [4.69, 9.17) is 0 Å². The lowest BCUT2D eigenvalue weighted by Gasteiger charge is -2.15. The molecule has 0 bridgehead atoms. The molecule has 1 heterocycles. The number of aromatic nitrogens is 1. The first-order chi connectivity index (χ1) is 9.08. The van der Waals surface area contributed by atoms with Gasteiger partial charge in [-0.05, 0) is 37.8 Å². The molecule has 2 rings (SSSR count). The first-order valence-corrected chi connectivity index (χ1v) is 6.95. The van der Waals surface area contributed by atoms with Gasteiger partial charge in [-0.15, -0.1) is 0 Å². The van der Waals surface area contributed by atoms with Gasteiger partial charge in [0.15, 0.2) is 0 Å². The number of fused-ring (bicyclic) bond motifs is 1. The molecule has 1 aromatic heterocycles. The van der Waals surface area contributed by atoms with E-state index in [9.17, 15) is 4.79 Å². The van der Waals surface area contributed by atoms with E-state index < -0.39 is 0 Å². The SMILES string of the molecule is CC(C)CCC(C)NC(=O)c1cccc2cc[nH]c12. The van der Waals surface area contributed by atoms with Crippen LogP contribution in [0, 0.1) is 5.92 Å². The third-order valence-electron chi connectivity index (χ3n) is 3.39. The molecule has 1 amide bonds. The van der Waals surface area contributed by atoms with Crippen LogP contribution in [0.25, 0.3) is 10.9 Å². The molecule has 3 nitrogen and oxygen atoms in total. The van der Waals surface area contributed by atoms with Crippen LogP contribution in [0.5, 0.6) is 0 Å². The molecule has 0 spiro atoms. The van der Waals surface area contributed by atoms with E-state index in [1.807, 2.05) is 30.5 Å². The number of H-pyrrole nitrogens is 1. The van der Waals surface area contributed by atoms with Crippen molar-refractivity contribution in [2.24, 2.45) is 5.92 Å². The zero-order chi connectivity index (χ0) is 13.8. The smallest absolute Gasteiger partial charge is 0.253 e. The maximum atomic E-state index is 12.3. The second kappa shape index (κ2) is 5.91. The third-order valence-corrected chi connectivity index (χ3v) is 3.39. The Morgan fingerprint density at radius 2 is 2.00 bits per heavy atom. The minimum Gasteiger partial charge on any atom is -0.361 e. The van der Waals surface area contributed by atoms with E-state index in [-0.39, 0.29) is 11.9 Å². The number of hydrogen-bond donors (Lipinski definition) is 2. The van der Waals surface area contributed by atoms with Crippen LogP contribution >= 0.6 is 0 Å². The summed E-state index contributed by atoms with van der Waals surface area (Å²) in [5.41, 5.74) is 1.63. The lowest BCUT2D eigenvalue weighted by atomic mass is 10.0. The fourth-order valence-electron chi connectivity index (χ4n) is 2.23. The van der Waals surface area contributed by atoms with Crippen molar-refractivity contribution in [2.75, 3.05) is 0 Å². The first-order valence-electron chi connectivity index (χ1n) is 6.95. The number of para-hydroxylation sites is 1. The van der Waals surface area contributed by atoms with Crippen LogP contribution in [-0.4, -0.2) is 16.9 Å². The van der Waals surface area contributed by atoms with Crippen LogP contribution in [0.3, 0.4) is 0 Å². The topological polar surface area (TPSA) is 44.9 Å². The molecule has 0 saturated heterocycles. The number of amides is 1. The molecule has 1 atom stereocenters. The Balaban J connectivity index is 2.05. The summed E-state index contributed by atoms with van der Waals surface area (Å²) in [4.78, 5) is 15.4. The van der Waals surface area contributed by atoms with Gasteiger partial charge in [0, 0.05) is 17.6 Å². The van der Waals surface area contributed by atoms with Crippen molar-refractivity contribution in [1.29, 1.82) is 0 Å². The van der Waals surface area contributed by atoms with Crippen molar-refractivity contribution in [3.8, 4) is 0 Å². The van der Waals surface area contributed by atoms with Crippen molar-refractivity contribution >= 4 is 16.8 Å². The number of aromatic amines is 1. The molecule has 1 aromatic carbocycles. The van der Waals surface area contributed by atoms with Crippen molar-refractivity contribution < 1.29 is 4.79 Å². The zero-order valence-electron chi connectivity index (χ0n) is 11.9. The predicted molar refractivity (Wildman–Crippen MR) is 79.3 cm³/mol.